The molecule has 0 spiro atoms. The minimum Gasteiger partial charge on any atom is -0.461 e. The van der Waals surface area contributed by atoms with Crippen molar-refractivity contribution in [3.8, 4) is 6.01 Å². The Kier molecular flexibility index (Phi) is 4.59. The third kappa shape index (κ3) is 3.69. The number of rotatable bonds is 5. The van der Waals surface area contributed by atoms with Crippen LogP contribution < -0.4 is 15.4 Å². The van der Waals surface area contributed by atoms with Crippen LogP contribution in [0.4, 0.5) is 11.9 Å². The molecule has 0 amide bonds. The van der Waals surface area contributed by atoms with Gasteiger partial charge in [-0.3, -0.25) is 0 Å². The third-order valence-corrected chi connectivity index (χ3v) is 3.17. The predicted molar refractivity (Wildman–Crippen MR) is 78.9 cm³/mol. The van der Waals surface area contributed by atoms with Gasteiger partial charge in [0.25, 0.3) is 0 Å². The fourth-order valence-corrected chi connectivity index (χ4v) is 2.46. The Morgan fingerprint density at radius 3 is 2.75 bits per heavy atom. The van der Waals surface area contributed by atoms with Crippen molar-refractivity contribution in [3.05, 3.63) is 0 Å². The molecule has 1 aliphatic rings. The highest BCUT2D eigenvalue weighted by molar-refractivity contribution is 5.38. The van der Waals surface area contributed by atoms with Gasteiger partial charge in [-0.15, -0.1) is 0 Å². The first-order chi connectivity index (χ1) is 9.45. The molecule has 0 aromatic carbocycles. The molecule has 1 unspecified atom stereocenters. The van der Waals surface area contributed by atoms with Crippen LogP contribution in [0.25, 0.3) is 0 Å². The van der Waals surface area contributed by atoms with Gasteiger partial charge in [-0.25, -0.2) is 0 Å². The monoisotopic (exact) mass is 280 g/mol. The lowest BCUT2D eigenvalue weighted by molar-refractivity contribution is 0.222. The van der Waals surface area contributed by atoms with Gasteiger partial charge in [0.1, 0.15) is 0 Å². The quantitative estimate of drug-likeness (QED) is 0.853. The Morgan fingerprint density at radius 1 is 1.35 bits per heavy atom. The Morgan fingerprint density at radius 2 is 2.10 bits per heavy atom. The molecule has 1 atom stereocenters. The molecule has 1 fully saturated rings. The lowest BCUT2D eigenvalue weighted by Crippen LogP contribution is -2.38. The second kappa shape index (κ2) is 6.21. The molecule has 0 bridgehead atoms. The average molecular weight is 280 g/mol. The van der Waals surface area contributed by atoms with E-state index in [4.69, 9.17) is 10.5 Å². The van der Waals surface area contributed by atoms with E-state index in [1.54, 1.807) is 0 Å². The van der Waals surface area contributed by atoms with Crippen LogP contribution in [0.2, 0.25) is 0 Å². The SMILES string of the molecule is CC(C)Oc1nc(N)nc(N2CCCC2CN(C)C)n1. The zero-order chi connectivity index (χ0) is 14.7. The topological polar surface area (TPSA) is 80.4 Å². The molecule has 2 N–H and O–H groups in total. The van der Waals surface area contributed by atoms with Crippen molar-refractivity contribution < 1.29 is 4.74 Å². The van der Waals surface area contributed by atoms with Crippen LogP contribution >= 0.6 is 0 Å². The summed E-state index contributed by atoms with van der Waals surface area (Å²) in [5.74, 6) is 0.832. The fourth-order valence-electron chi connectivity index (χ4n) is 2.46. The third-order valence-electron chi connectivity index (χ3n) is 3.17. The number of anilines is 2. The summed E-state index contributed by atoms with van der Waals surface area (Å²) in [7, 11) is 4.15. The molecular weight excluding hydrogens is 256 g/mol. The first-order valence-corrected chi connectivity index (χ1v) is 7.05. The molecule has 20 heavy (non-hydrogen) atoms. The molecule has 2 rings (SSSR count). The summed E-state index contributed by atoms with van der Waals surface area (Å²) in [6, 6.07) is 0.719. The van der Waals surface area contributed by atoms with E-state index in [1.807, 2.05) is 13.8 Å². The average Bonchev–Trinajstić information content (AvgIpc) is 2.74. The van der Waals surface area contributed by atoms with E-state index >= 15 is 0 Å². The summed E-state index contributed by atoms with van der Waals surface area (Å²) in [6.45, 7) is 5.80. The molecule has 0 radical (unpaired) electrons. The van der Waals surface area contributed by atoms with Gasteiger partial charge in [-0.2, -0.15) is 15.0 Å². The van der Waals surface area contributed by atoms with E-state index in [-0.39, 0.29) is 12.1 Å². The number of hydrogen-bond acceptors (Lipinski definition) is 7. The second-order valence-corrected chi connectivity index (χ2v) is 5.69. The number of ether oxygens (including phenoxy) is 1. The molecule has 112 valence electrons. The van der Waals surface area contributed by atoms with Crippen molar-refractivity contribution in [1.82, 2.24) is 19.9 Å². The summed E-state index contributed by atoms with van der Waals surface area (Å²) >= 11 is 0. The van der Waals surface area contributed by atoms with Crippen LogP contribution in [0.1, 0.15) is 26.7 Å². The molecule has 7 nitrogen and oxygen atoms in total. The molecule has 1 aromatic rings. The van der Waals surface area contributed by atoms with Gasteiger partial charge < -0.3 is 20.3 Å². The van der Waals surface area contributed by atoms with Gasteiger partial charge in [-0.05, 0) is 40.8 Å². The largest absolute Gasteiger partial charge is 0.461 e. The van der Waals surface area contributed by atoms with Crippen molar-refractivity contribution in [2.24, 2.45) is 0 Å². The Balaban J connectivity index is 2.20. The lowest BCUT2D eigenvalue weighted by Gasteiger charge is -2.27. The highest BCUT2D eigenvalue weighted by atomic mass is 16.5. The normalized spacial score (nSPS) is 19.1. The number of hydrogen-bond donors (Lipinski definition) is 1. The predicted octanol–water partition coefficient (Wildman–Crippen LogP) is 0.771. The van der Waals surface area contributed by atoms with E-state index in [9.17, 15) is 0 Å². The Bertz CT molecular complexity index is 450. The molecule has 1 aromatic heterocycles. The minimum atomic E-state index is 0.0146. The van der Waals surface area contributed by atoms with Gasteiger partial charge in [0.05, 0.1) is 6.10 Å². The van der Waals surface area contributed by atoms with Crippen molar-refractivity contribution >= 4 is 11.9 Å². The maximum Gasteiger partial charge on any atom is 0.323 e. The maximum atomic E-state index is 5.77. The minimum absolute atomic E-state index is 0.0146. The number of nitrogens with zero attached hydrogens (tertiary/aromatic N) is 5. The first-order valence-electron chi connectivity index (χ1n) is 7.05. The van der Waals surface area contributed by atoms with E-state index in [1.165, 1.54) is 0 Å². The lowest BCUT2D eigenvalue weighted by atomic mass is 10.2. The molecule has 0 saturated carbocycles. The van der Waals surface area contributed by atoms with E-state index < -0.39 is 0 Å². The molecule has 7 heteroatoms. The van der Waals surface area contributed by atoms with Crippen LogP contribution in [0.15, 0.2) is 0 Å². The summed E-state index contributed by atoms with van der Waals surface area (Å²) < 4.78 is 5.53. The molecular formula is C13H24N6O. The zero-order valence-corrected chi connectivity index (χ0v) is 12.7. The van der Waals surface area contributed by atoms with Crippen molar-refractivity contribution in [2.75, 3.05) is 37.8 Å². The van der Waals surface area contributed by atoms with Crippen molar-refractivity contribution in [3.63, 3.8) is 0 Å². The summed E-state index contributed by atoms with van der Waals surface area (Å²) in [4.78, 5) is 17.1. The van der Waals surface area contributed by atoms with Crippen LogP contribution in [0, 0.1) is 0 Å². The van der Waals surface area contributed by atoms with Crippen LogP contribution in [0.5, 0.6) is 6.01 Å². The summed E-state index contributed by atoms with van der Waals surface area (Å²) in [5, 5.41) is 0. The van der Waals surface area contributed by atoms with Crippen LogP contribution in [-0.2, 0) is 0 Å². The molecule has 1 saturated heterocycles. The van der Waals surface area contributed by atoms with Crippen LogP contribution in [-0.4, -0.2) is 59.2 Å². The molecule has 2 heterocycles. The number of aromatic nitrogens is 3. The molecule has 0 aliphatic carbocycles. The fraction of sp³-hybridized carbons (Fsp3) is 0.769. The van der Waals surface area contributed by atoms with E-state index in [0.717, 1.165) is 25.9 Å². The standard InChI is InChI=1S/C13H24N6O/c1-9(2)20-13-16-11(14)15-12(17-13)19-7-5-6-10(19)8-18(3)4/h9-10H,5-8H2,1-4H3,(H2,14,15,16,17). The van der Waals surface area contributed by atoms with Gasteiger partial charge in [0, 0.05) is 19.1 Å². The van der Waals surface area contributed by atoms with Gasteiger partial charge >= 0.3 is 6.01 Å². The van der Waals surface area contributed by atoms with Gasteiger partial charge in [0.2, 0.25) is 11.9 Å². The van der Waals surface area contributed by atoms with Crippen molar-refractivity contribution in [1.29, 1.82) is 0 Å². The first kappa shape index (κ1) is 14.8. The van der Waals surface area contributed by atoms with Crippen LogP contribution in [0.3, 0.4) is 0 Å². The smallest absolute Gasteiger partial charge is 0.323 e. The summed E-state index contributed by atoms with van der Waals surface area (Å²) in [5.41, 5.74) is 5.77. The maximum absolute atomic E-state index is 5.77. The Hall–Kier alpha value is -1.63. The van der Waals surface area contributed by atoms with E-state index in [2.05, 4.69) is 38.8 Å². The highest BCUT2D eigenvalue weighted by Gasteiger charge is 2.28. The second-order valence-electron chi connectivity index (χ2n) is 5.69. The Labute approximate surface area is 120 Å². The zero-order valence-electron chi connectivity index (χ0n) is 12.7. The number of nitrogen functional groups attached to an aromatic ring is 1. The molecule has 1 aliphatic heterocycles. The highest BCUT2D eigenvalue weighted by Crippen LogP contribution is 2.24. The van der Waals surface area contributed by atoms with Crippen molar-refractivity contribution in [2.45, 2.75) is 38.8 Å². The number of nitrogens with two attached hydrogens (primary N) is 1. The number of likely N-dealkylation sites (N-methyl/N-ethyl adjacent to an activating group) is 1. The van der Waals surface area contributed by atoms with Gasteiger partial charge in [0.15, 0.2) is 0 Å². The van der Waals surface area contributed by atoms with Gasteiger partial charge in [-0.1, -0.05) is 0 Å². The van der Waals surface area contributed by atoms with E-state index in [0.29, 0.717) is 18.0 Å². The summed E-state index contributed by atoms with van der Waals surface area (Å²) in [6.07, 6.45) is 2.30.